The summed E-state index contributed by atoms with van der Waals surface area (Å²) in [4.78, 5) is 35.2. The van der Waals surface area contributed by atoms with Gasteiger partial charge in [0, 0.05) is 18.7 Å². The molecule has 1 unspecified atom stereocenters. The normalized spacial score (nSPS) is 17.8. The summed E-state index contributed by atoms with van der Waals surface area (Å²) >= 11 is 0. The van der Waals surface area contributed by atoms with Gasteiger partial charge in [0.15, 0.2) is 0 Å². The summed E-state index contributed by atoms with van der Waals surface area (Å²) in [5.41, 5.74) is 3.81. The highest BCUT2D eigenvalue weighted by molar-refractivity contribution is 5.97. The first-order chi connectivity index (χ1) is 11.5. The number of esters is 1. The van der Waals surface area contributed by atoms with E-state index in [4.69, 9.17) is 4.74 Å². The molecule has 1 atom stereocenters. The van der Waals surface area contributed by atoms with Crippen LogP contribution in [0.5, 0.6) is 0 Å². The van der Waals surface area contributed by atoms with Crippen LogP contribution in [0.3, 0.4) is 0 Å². The lowest BCUT2D eigenvalue weighted by molar-refractivity contribution is -0.146. The van der Waals surface area contributed by atoms with E-state index in [1.807, 2.05) is 19.9 Å². The van der Waals surface area contributed by atoms with E-state index >= 15 is 0 Å². The Kier molecular flexibility index (Phi) is 4.46. The summed E-state index contributed by atoms with van der Waals surface area (Å²) in [5.74, 6) is -0.564. The highest BCUT2D eigenvalue weighted by Gasteiger charge is 2.29. The number of piperidine rings is 1. The Labute approximate surface area is 140 Å². The zero-order chi connectivity index (χ0) is 17.3. The fourth-order valence-corrected chi connectivity index (χ4v) is 3.07. The standard InChI is InChI=1S/C18H21N3O3/c1-11-12(2)20-16-9-13(6-7-15(16)19-11)17(22)21-8-4-5-14(10-21)18(23)24-3/h6-7,9,14H,4-5,8,10H2,1-3H3. The highest BCUT2D eigenvalue weighted by atomic mass is 16.5. The van der Waals surface area contributed by atoms with Crippen molar-refractivity contribution in [2.75, 3.05) is 20.2 Å². The van der Waals surface area contributed by atoms with Crippen molar-refractivity contribution in [3.05, 3.63) is 35.2 Å². The largest absolute Gasteiger partial charge is 0.469 e. The Morgan fingerprint density at radius 2 is 1.88 bits per heavy atom. The summed E-state index contributed by atoms with van der Waals surface area (Å²) in [6.45, 7) is 4.88. The summed E-state index contributed by atoms with van der Waals surface area (Å²) < 4.78 is 4.81. The van der Waals surface area contributed by atoms with Crippen molar-refractivity contribution in [1.29, 1.82) is 0 Å². The number of methoxy groups -OCH3 is 1. The number of amides is 1. The lowest BCUT2D eigenvalue weighted by Crippen LogP contribution is -2.42. The van der Waals surface area contributed by atoms with Gasteiger partial charge in [-0.05, 0) is 44.9 Å². The first-order valence-corrected chi connectivity index (χ1v) is 8.11. The van der Waals surface area contributed by atoms with Gasteiger partial charge in [-0.1, -0.05) is 0 Å². The van der Waals surface area contributed by atoms with Crippen LogP contribution in [-0.2, 0) is 9.53 Å². The maximum Gasteiger partial charge on any atom is 0.310 e. The number of nitrogens with zero attached hydrogens (tertiary/aromatic N) is 3. The van der Waals surface area contributed by atoms with Gasteiger partial charge >= 0.3 is 5.97 Å². The number of carbonyl (C=O) groups excluding carboxylic acids is 2. The quantitative estimate of drug-likeness (QED) is 0.791. The highest BCUT2D eigenvalue weighted by Crippen LogP contribution is 2.21. The topological polar surface area (TPSA) is 72.4 Å². The van der Waals surface area contributed by atoms with E-state index in [9.17, 15) is 9.59 Å². The number of aryl methyl sites for hydroxylation is 2. The molecule has 1 aromatic carbocycles. The van der Waals surface area contributed by atoms with Crippen LogP contribution < -0.4 is 0 Å². The Morgan fingerprint density at radius 1 is 1.17 bits per heavy atom. The van der Waals surface area contributed by atoms with Gasteiger partial charge in [0.1, 0.15) is 0 Å². The Bertz CT molecular complexity index is 803. The third-order valence-corrected chi connectivity index (χ3v) is 4.57. The number of ether oxygens (including phenoxy) is 1. The second-order valence-corrected chi connectivity index (χ2v) is 6.21. The van der Waals surface area contributed by atoms with Crippen LogP contribution in [-0.4, -0.2) is 46.9 Å². The molecule has 0 spiro atoms. The first-order valence-electron chi connectivity index (χ1n) is 8.11. The molecule has 0 radical (unpaired) electrons. The molecule has 24 heavy (non-hydrogen) atoms. The third-order valence-electron chi connectivity index (χ3n) is 4.57. The van der Waals surface area contributed by atoms with Gasteiger partial charge in [0.2, 0.25) is 0 Å². The molecule has 0 aliphatic carbocycles. The average molecular weight is 327 g/mol. The molecule has 1 aliphatic rings. The van der Waals surface area contributed by atoms with Crippen LogP contribution in [0.25, 0.3) is 11.0 Å². The summed E-state index contributed by atoms with van der Waals surface area (Å²) in [6, 6.07) is 5.37. The molecule has 1 fully saturated rings. The molecule has 0 saturated carbocycles. The molecule has 1 aromatic heterocycles. The van der Waals surface area contributed by atoms with E-state index in [0.717, 1.165) is 29.7 Å². The Hall–Kier alpha value is -2.50. The van der Waals surface area contributed by atoms with Gasteiger partial charge in [0.05, 0.1) is 35.4 Å². The second kappa shape index (κ2) is 6.55. The number of hydrogen-bond donors (Lipinski definition) is 0. The van der Waals surface area contributed by atoms with Crippen LogP contribution in [0.4, 0.5) is 0 Å². The molecule has 2 heterocycles. The molecule has 1 aliphatic heterocycles. The number of hydrogen-bond acceptors (Lipinski definition) is 5. The van der Waals surface area contributed by atoms with E-state index < -0.39 is 0 Å². The number of fused-ring (bicyclic) bond motifs is 1. The summed E-state index contributed by atoms with van der Waals surface area (Å²) in [6.07, 6.45) is 1.56. The number of carbonyl (C=O) groups is 2. The van der Waals surface area contributed by atoms with Crippen LogP contribution in [0.2, 0.25) is 0 Å². The lowest BCUT2D eigenvalue weighted by atomic mass is 9.97. The molecule has 2 aromatic rings. The second-order valence-electron chi connectivity index (χ2n) is 6.21. The van der Waals surface area contributed by atoms with Gasteiger partial charge in [-0.15, -0.1) is 0 Å². The molecule has 1 amide bonds. The van der Waals surface area contributed by atoms with Crippen LogP contribution >= 0.6 is 0 Å². The lowest BCUT2D eigenvalue weighted by Gasteiger charge is -2.31. The molecule has 0 N–H and O–H groups in total. The molecule has 3 rings (SSSR count). The molecule has 126 valence electrons. The Morgan fingerprint density at radius 3 is 2.58 bits per heavy atom. The first kappa shape index (κ1) is 16.4. The molecular weight excluding hydrogens is 306 g/mol. The van der Waals surface area contributed by atoms with Crippen molar-refractivity contribution in [3.63, 3.8) is 0 Å². The molecular formula is C18H21N3O3. The minimum Gasteiger partial charge on any atom is -0.469 e. The van der Waals surface area contributed by atoms with Gasteiger partial charge in [-0.2, -0.15) is 0 Å². The van der Waals surface area contributed by atoms with Crippen molar-refractivity contribution in [1.82, 2.24) is 14.9 Å². The van der Waals surface area contributed by atoms with Crippen molar-refractivity contribution in [2.45, 2.75) is 26.7 Å². The molecule has 1 saturated heterocycles. The third kappa shape index (κ3) is 3.09. The predicted octanol–water partition coefficient (Wildman–Crippen LogP) is 2.27. The van der Waals surface area contributed by atoms with Crippen molar-refractivity contribution in [3.8, 4) is 0 Å². The fraction of sp³-hybridized carbons (Fsp3) is 0.444. The average Bonchev–Trinajstić information content (AvgIpc) is 2.61. The Balaban J connectivity index is 1.85. The van der Waals surface area contributed by atoms with Gasteiger partial charge in [0.25, 0.3) is 5.91 Å². The van der Waals surface area contributed by atoms with Gasteiger partial charge in [-0.3, -0.25) is 9.59 Å². The summed E-state index contributed by atoms with van der Waals surface area (Å²) in [7, 11) is 1.38. The number of likely N-dealkylation sites (tertiary alicyclic amines) is 1. The maximum absolute atomic E-state index is 12.8. The smallest absolute Gasteiger partial charge is 0.310 e. The van der Waals surface area contributed by atoms with Crippen molar-refractivity contribution < 1.29 is 14.3 Å². The van der Waals surface area contributed by atoms with E-state index in [1.54, 1.807) is 17.0 Å². The van der Waals surface area contributed by atoms with Crippen LogP contribution in [0.15, 0.2) is 18.2 Å². The fourth-order valence-electron chi connectivity index (χ4n) is 3.07. The minimum absolute atomic E-state index is 0.0782. The zero-order valence-electron chi connectivity index (χ0n) is 14.2. The molecule has 6 heteroatoms. The number of rotatable bonds is 2. The minimum atomic E-state index is -0.247. The molecule has 0 bridgehead atoms. The SMILES string of the molecule is COC(=O)C1CCCN(C(=O)c2ccc3nc(C)c(C)nc3c2)C1. The van der Waals surface area contributed by atoms with Gasteiger partial charge in [-0.25, -0.2) is 9.97 Å². The number of aromatic nitrogens is 2. The van der Waals surface area contributed by atoms with Crippen LogP contribution in [0, 0.1) is 19.8 Å². The van der Waals surface area contributed by atoms with Crippen molar-refractivity contribution >= 4 is 22.9 Å². The summed E-state index contributed by atoms with van der Waals surface area (Å²) in [5, 5.41) is 0. The zero-order valence-corrected chi connectivity index (χ0v) is 14.2. The monoisotopic (exact) mass is 327 g/mol. The van der Waals surface area contributed by atoms with Crippen LogP contribution in [0.1, 0.15) is 34.6 Å². The van der Waals surface area contributed by atoms with E-state index in [-0.39, 0.29) is 17.8 Å². The van der Waals surface area contributed by atoms with Crippen molar-refractivity contribution in [2.24, 2.45) is 5.92 Å². The van der Waals surface area contributed by atoms with E-state index in [1.165, 1.54) is 7.11 Å². The predicted molar refractivity (Wildman–Crippen MR) is 89.7 cm³/mol. The maximum atomic E-state index is 12.8. The van der Waals surface area contributed by atoms with Gasteiger partial charge < -0.3 is 9.64 Å². The van der Waals surface area contributed by atoms with E-state index in [0.29, 0.717) is 24.2 Å². The number of benzene rings is 1. The van der Waals surface area contributed by atoms with E-state index in [2.05, 4.69) is 9.97 Å². The molecule has 6 nitrogen and oxygen atoms in total.